The molecule has 0 bridgehead atoms. The number of hydrogen-bond donors (Lipinski definition) is 0. The summed E-state index contributed by atoms with van der Waals surface area (Å²) in [6.45, 7) is 8.36. The highest BCUT2D eigenvalue weighted by molar-refractivity contribution is 7.19. The van der Waals surface area contributed by atoms with Gasteiger partial charge in [-0.15, -0.1) is 22.7 Å². The average molecular weight is 358 g/mol. The number of rotatable bonds is 4. The van der Waals surface area contributed by atoms with Gasteiger partial charge < -0.3 is 0 Å². The molecule has 3 aromatic rings. The molecular weight excluding hydrogens is 338 g/mol. The summed E-state index contributed by atoms with van der Waals surface area (Å²) in [5.74, 6) is 0.0132. The van der Waals surface area contributed by atoms with E-state index in [0.717, 1.165) is 21.3 Å². The van der Waals surface area contributed by atoms with Gasteiger partial charge in [0.2, 0.25) is 5.91 Å². The summed E-state index contributed by atoms with van der Waals surface area (Å²) in [6, 6.07) is 4.32. The SMILES string of the molecule is CCN(C(C)=O)c1nc(/C=C/c2nc3cc(C)c(C)cc3s2)cs1. The molecule has 0 spiro atoms. The highest BCUT2D eigenvalue weighted by atomic mass is 32.1. The monoisotopic (exact) mass is 357 g/mol. The second kappa shape index (κ2) is 6.83. The van der Waals surface area contributed by atoms with Crippen molar-refractivity contribution < 1.29 is 4.79 Å². The van der Waals surface area contributed by atoms with E-state index >= 15 is 0 Å². The van der Waals surface area contributed by atoms with Gasteiger partial charge in [0.15, 0.2) is 5.13 Å². The van der Waals surface area contributed by atoms with E-state index in [2.05, 4.69) is 35.9 Å². The molecule has 1 aromatic carbocycles. The minimum Gasteiger partial charge on any atom is -0.289 e. The van der Waals surface area contributed by atoms with E-state index in [0.29, 0.717) is 6.54 Å². The number of amides is 1. The smallest absolute Gasteiger partial charge is 0.225 e. The number of aromatic nitrogens is 2. The van der Waals surface area contributed by atoms with Crippen molar-refractivity contribution in [3.05, 3.63) is 39.3 Å². The minimum atomic E-state index is 0.0132. The molecule has 0 saturated heterocycles. The number of aryl methyl sites for hydroxylation is 2. The van der Waals surface area contributed by atoms with Crippen LogP contribution in [0.2, 0.25) is 0 Å². The van der Waals surface area contributed by atoms with Gasteiger partial charge in [0.25, 0.3) is 0 Å². The molecule has 2 heterocycles. The van der Waals surface area contributed by atoms with Gasteiger partial charge in [0.05, 0.1) is 15.9 Å². The van der Waals surface area contributed by atoms with Crippen LogP contribution >= 0.6 is 22.7 Å². The lowest BCUT2D eigenvalue weighted by Crippen LogP contribution is -2.27. The topological polar surface area (TPSA) is 46.1 Å². The van der Waals surface area contributed by atoms with Crippen molar-refractivity contribution in [1.82, 2.24) is 9.97 Å². The van der Waals surface area contributed by atoms with Gasteiger partial charge in [-0.3, -0.25) is 9.69 Å². The summed E-state index contributed by atoms with van der Waals surface area (Å²) < 4.78 is 1.20. The molecule has 0 aliphatic heterocycles. The molecule has 0 aliphatic rings. The van der Waals surface area contributed by atoms with Crippen molar-refractivity contribution in [3.63, 3.8) is 0 Å². The fourth-order valence-electron chi connectivity index (χ4n) is 2.40. The lowest BCUT2D eigenvalue weighted by molar-refractivity contribution is -0.116. The number of benzene rings is 1. The Morgan fingerprint density at radius 3 is 2.67 bits per heavy atom. The van der Waals surface area contributed by atoms with Crippen molar-refractivity contribution in [2.75, 3.05) is 11.4 Å². The lowest BCUT2D eigenvalue weighted by atomic mass is 10.1. The third-order valence-electron chi connectivity index (χ3n) is 3.85. The van der Waals surface area contributed by atoms with E-state index in [-0.39, 0.29) is 5.91 Å². The van der Waals surface area contributed by atoms with Crippen LogP contribution in [0.25, 0.3) is 22.4 Å². The van der Waals surface area contributed by atoms with Crippen LogP contribution in [-0.4, -0.2) is 22.4 Å². The highest BCUT2D eigenvalue weighted by Gasteiger charge is 2.12. The third kappa shape index (κ3) is 3.39. The van der Waals surface area contributed by atoms with Crippen LogP contribution in [0.15, 0.2) is 17.5 Å². The Labute approximate surface area is 149 Å². The van der Waals surface area contributed by atoms with Crippen LogP contribution in [-0.2, 0) is 4.79 Å². The van der Waals surface area contributed by atoms with Crippen molar-refractivity contribution in [3.8, 4) is 0 Å². The summed E-state index contributed by atoms with van der Waals surface area (Å²) in [4.78, 5) is 22.4. The zero-order chi connectivity index (χ0) is 17.3. The van der Waals surface area contributed by atoms with Gasteiger partial charge in [0.1, 0.15) is 5.01 Å². The Morgan fingerprint density at radius 2 is 1.96 bits per heavy atom. The van der Waals surface area contributed by atoms with Gasteiger partial charge in [-0.1, -0.05) is 0 Å². The molecule has 0 aliphatic carbocycles. The summed E-state index contributed by atoms with van der Waals surface area (Å²) in [5.41, 5.74) is 4.43. The second-order valence-corrected chi connectivity index (χ2v) is 7.51. The van der Waals surface area contributed by atoms with Gasteiger partial charge in [0, 0.05) is 18.8 Å². The number of fused-ring (bicyclic) bond motifs is 1. The zero-order valence-corrected chi connectivity index (χ0v) is 15.8. The summed E-state index contributed by atoms with van der Waals surface area (Å²) in [6.07, 6.45) is 3.93. The van der Waals surface area contributed by atoms with Crippen LogP contribution in [0.3, 0.4) is 0 Å². The number of anilines is 1. The quantitative estimate of drug-likeness (QED) is 0.666. The fourth-order valence-corrected chi connectivity index (χ4v) is 4.25. The van der Waals surface area contributed by atoms with Crippen LogP contribution in [0.1, 0.15) is 35.7 Å². The Morgan fingerprint density at radius 1 is 1.21 bits per heavy atom. The number of nitrogens with zero attached hydrogens (tertiary/aromatic N) is 3. The van der Waals surface area contributed by atoms with E-state index in [4.69, 9.17) is 0 Å². The molecule has 0 unspecified atom stereocenters. The van der Waals surface area contributed by atoms with E-state index in [1.807, 2.05) is 24.5 Å². The van der Waals surface area contributed by atoms with Crippen molar-refractivity contribution in [2.24, 2.45) is 0 Å². The van der Waals surface area contributed by atoms with Gasteiger partial charge in [-0.25, -0.2) is 9.97 Å². The molecule has 4 nitrogen and oxygen atoms in total. The van der Waals surface area contributed by atoms with Crippen molar-refractivity contribution in [2.45, 2.75) is 27.7 Å². The first-order chi connectivity index (χ1) is 11.5. The maximum atomic E-state index is 11.6. The van der Waals surface area contributed by atoms with Crippen LogP contribution < -0.4 is 4.90 Å². The second-order valence-electron chi connectivity index (χ2n) is 5.61. The number of thiazole rings is 2. The van der Waals surface area contributed by atoms with Crippen LogP contribution in [0.5, 0.6) is 0 Å². The maximum absolute atomic E-state index is 11.6. The minimum absolute atomic E-state index is 0.0132. The standard InChI is InChI=1S/C18H19N3OS2/c1-5-21(13(4)22)18-19-14(10-23-18)6-7-17-20-15-8-11(2)12(3)9-16(15)24-17/h6-10H,5H2,1-4H3/b7-6+. The Balaban J connectivity index is 1.83. The summed E-state index contributed by atoms with van der Waals surface area (Å²) in [7, 11) is 0. The molecule has 2 aromatic heterocycles. The number of carbonyl (C=O) groups excluding carboxylic acids is 1. The van der Waals surface area contributed by atoms with Gasteiger partial charge in [-0.2, -0.15) is 0 Å². The Bertz CT molecular complexity index is 885. The highest BCUT2D eigenvalue weighted by Crippen LogP contribution is 2.27. The largest absolute Gasteiger partial charge is 0.289 e. The third-order valence-corrected chi connectivity index (χ3v) is 5.72. The molecular formula is C18H19N3OS2. The van der Waals surface area contributed by atoms with E-state index in [9.17, 15) is 4.79 Å². The van der Waals surface area contributed by atoms with E-state index in [1.165, 1.54) is 27.2 Å². The molecule has 24 heavy (non-hydrogen) atoms. The fraction of sp³-hybridized carbons (Fsp3) is 0.278. The molecule has 0 atom stereocenters. The first-order valence-electron chi connectivity index (χ1n) is 7.77. The van der Waals surface area contributed by atoms with Gasteiger partial charge in [-0.05, 0) is 56.2 Å². The van der Waals surface area contributed by atoms with E-state index < -0.39 is 0 Å². The summed E-state index contributed by atoms with van der Waals surface area (Å²) in [5, 5.41) is 3.66. The molecule has 0 saturated carbocycles. The van der Waals surface area contributed by atoms with Crippen LogP contribution in [0, 0.1) is 13.8 Å². The first-order valence-corrected chi connectivity index (χ1v) is 9.47. The maximum Gasteiger partial charge on any atom is 0.225 e. The number of carbonyl (C=O) groups is 1. The molecule has 0 fully saturated rings. The summed E-state index contributed by atoms with van der Waals surface area (Å²) >= 11 is 3.16. The molecule has 6 heteroatoms. The Hall–Kier alpha value is -2.05. The zero-order valence-electron chi connectivity index (χ0n) is 14.2. The predicted molar refractivity (Wildman–Crippen MR) is 104 cm³/mol. The molecule has 3 rings (SSSR count). The molecule has 124 valence electrons. The average Bonchev–Trinajstić information content (AvgIpc) is 3.13. The lowest BCUT2D eigenvalue weighted by Gasteiger charge is -2.14. The normalized spacial score (nSPS) is 11.5. The van der Waals surface area contributed by atoms with Crippen LogP contribution in [0.4, 0.5) is 5.13 Å². The Kier molecular flexibility index (Phi) is 4.78. The van der Waals surface area contributed by atoms with Crippen molar-refractivity contribution >= 4 is 56.1 Å². The number of hydrogen-bond acceptors (Lipinski definition) is 5. The molecule has 1 amide bonds. The first kappa shape index (κ1) is 16.8. The van der Waals surface area contributed by atoms with Gasteiger partial charge >= 0.3 is 0 Å². The van der Waals surface area contributed by atoms with E-state index in [1.54, 1.807) is 23.2 Å². The van der Waals surface area contributed by atoms with Crippen molar-refractivity contribution in [1.29, 1.82) is 0 Å². The molecule has 0 radical (unpaired) electrons. The predicted octanol–water partition coefficient (Wildman–Crippen LogP) is 4.91. The molecule has 0 N–H and O–H groups in total.